The van der Waals surface area contributed by atoms with Crippen molar-refractivity contribution < 1.29 is 19.1 Å². The largest absolute Gasteiger partial charge is 0.479 e. The Hall–Kier alpha value is -3.24. The van der Waals surface area contributed by atoms with Gasteiger partial charge >= 0.3 is 5.97 Å². The summed E-state index contributed by atoms with van der Waals surface area (Å²) in [6.07, 6.45) is 1.50. The Labute approximate surface area is 147 Å². The molecule has 0 spiro atoms. The summed E-state index contributed by atoms with van der Waals surface area (Å²) in [5, 5.41) is 18.3. The van der Waals surface area contributed by atoms with Crippen LogP contribution in [0.2, 0.25) is 0 Å². The summed E-state index contributed by atoms with van der Waals surface area (Å²) in [6, 6.07) is 15.9. The van der Waals surface area contributed by atoms with E-state index in [1.807, 2.05) is 18.2 Å². The minimum atomic E-state index is -1.09. The van der Waals surface area contributed by atoms with E-state index in [9.17, 15) is 9.90 Å². The Morgan fingerprint density at radius 3 is 2.92 bits per heavy atom. The van der Waals surface area contributed by atoms with Crippen LogP contribution in [0.3, 0.4) is 0 Å². The molecule has 0 unspecified atom stereocenters. The zero-order chi connectivity index (χ0) is 17.6. The number of fused-ring (bicyclic) bond motifs is 1. The number of oxazole rings is 1. The van der Waals surface area contributed by atoms with E-state index in [1.165, 1.54) is 6.08 Å². The summed E-state index contributed by atoms with van der Waals surface area (Å²) in [5.41, 5.74) is 1.90. The molecule has 0 amide bonds. The molecule has 6 nitrogen and oxygen atoms in total. The molecule has 3 aromatic rings. The number of nitriles is 1. The van der Waals surface area contributed by atoms with Gasteiger partial charge in [0.25, 0.3) is 5.22 Å². The summed E-state index contributed by atoms with van der Waals surface area (Å²) >= 11 is 0.932. The topological polar surface area (TPSA) is 96.4 Å². The molecule has 0 fully saturated rings. The van der Waals surface area contributed by atoms with Gasteiger partial charge in [-0.25, -0.2) is 9.78 Å². The Balaban J connectivity index is 1.86. The highest BCUT2D eigenvalue weighted by atomic mass is 32.2. The van der Waals surface area contributed by atoms with E-state index in [4.69, 9.17) is 14.4 Å². The first-order chi connectivity index (χ1) is 12.2. The molecule has 0 saturated heterocycles. The standard InChI is InChI=1S/C18H12N2O4S/c19-8-9-23-13-5-3-4-12(10-13)11-16(17(21)22)25-18-20-14-6-1-2-7-15(14)24-18/h1-7,10-11H,9H2,(H,21,22)/b16-11-. The van der Waals surface area contributed by atoms with Crippen LogP contribution in [0.15, 0.2) is 63.1 Å². The van der Waals surface area contributed by atoms with Gasteiger partial charge in [-0.05, 0) is 47.7 Å². The van der Waals surface area contributed by atoms with Crippen molar-refractivity contribution in [2.75, 3.05) is 6.61 Å². The van der Waals surface area contributed by atoms with Crippen LogP contribution in [0, 0.1) is 11.3 Å². The third-order valence-corrected chi connectivity index (χ3v) is 4.00. The third kappa shape index (κ3) is 4.19. The number of rotatable bonds is 6. The van der Waals surface area contributed by atoms with Gasteiger partial charge in [-0.15, -0.1) is 0 Å². The predicted molar refractivity (Wildman–Crippen MR) is 93.0 cm³/mol. The average molecular weight is 352 g/mol. The van der Waals surface area contributed by atoms with Gasteiger partial charge in [-0.3, -0.25) is 0 Å². The highest BCUT2D eigenvalue weighted by molar-refractivity contribution is 8.03. The lowest BCUT2D eigenvalue weighted by atomic mass is 10.2. The normalized spacial score (nSPS) is 11.2. The molecule has 0 aliphatic heterocycles. The number of thioether (sulfide) groups is 1. The number of benzene rings is 2. The molecule has 1 heterocycles. The molecule has 0 saturated carbocycles. The number of carboxylic acid groups (broad SMARTS) is 1. The second kappa shape index (κ2) is 7.55. The van der Waals surface area contributed by atoms with Crippen LogP contribution in [0.1, 0.15) is 5.56 Å². The van der Waals surface area contributed by atoms with Gasteiger partial charge in [0.2, 0.25) is 0 Å². The molecule has 0 atom stereocenters. The van der Waals surface area contributed by atoms with Crippen molar-refractivity contribution in [1.82, 2.24) is 4.98 Å². The number of nitrogens with zero attached hydrogens (tertiary/aromatic N) is 2. The molecule has 1 N–H and O–H groups in total. The van der Waals surface area contributed by atoms with Crippen LogP contribution >= 0.6 is 11.8 Å². The van der Waals surface area contributed by atoms with Gasteiger partial charge in [-0.2, -0.15) is 5.26 Å². The molecule has 3 rings (SSSR count). The van der Waals surface area contributed by atoms with E-state index >= 15 is 0 Å². The van der Waals surface area contributed by atoms with Crippen molar-refractivity contribution in [2.45, 2.75) is 5.22 Å². The van der Waals surface area contributed by atoms with Gasteiger partial charge in [-0.1, -0.05) is 24.3 Å². The molecule has 0 radical (unpaired) electrons. The van der Waals surface area contributed by atoms with Crippen molar-refractivity contribution in [2.24, 2.45) is 0 Å². The number of hydrogen-bond acceptors (Lipinski definition) is 6. The first-order valence-corrected chi connectivity index (χ1v) is 8.05. The predicted octanol–water partition coefficient (Wildman–Crippen LogP) is 3.95. The van der Waals surface area contributed by atoms with E-state index in [-0.39, 0.29) is 16.7 Å². The highest BCUT2D eigenvalue weighted by Crippen LogP contribution is 2.31. The molecular weight excluding hydrogens is 340 g/mol. The molecule has 0 aliphatic carbocycles. The monoisotopic (exact) mass is 352 g/mol. The molecule has 124 valence electrons. The van der Waals surface area contributed by atoms with Crippen LogP contribution < -0.4 is 4.74 Å². The highest BCUT2D eigenvalue weighted by Gasteiger charge is 2.15. The fourth-order valence-corrected chi connectivity index (χ4v) is 2.83. The zero-order valence-corrected chi connectivity index (χ0v) is 13.7. The Bertz CT molecular complexity index is 955. The zero-order valence-electron chi connectivity index (χ0n) is 12.9. The van der Waals surface area contributed by atoms with Crippen molar-refractivity contribution in [3.05, 3.63) is 59.0 Å². The lowest BCUT2D eigenvalue weighted by molar-refractivity contribution is -0.131. The number of para-hydroxylation sites is 2. The first-order valence-electron chi connectivity index (χ1n) is 7.24. The number of aromatic nitrogens is 1. The van der Waals surface area contributed by atoms with E-state index in [1.54, 1.807) is 36.4 Å². The smallest absolute Gasteiger partial charge is 0.342 e. The van der Waals surface area contributed by atoms with Crippen LogP contribution in [-0.2, 0) is 4.79 Å². The lowest BCUT2D eigenvalue weighted by Gasteiger charge is -2.03. The lowest BCUT2D eigenvalue weighted by Crippen LogP contribution is -1.97. The molecule has 0 aliphatic rings. The fraction of sp³-hybridized carbons (Fsp3) is 0.0556. The van der Waals surface area contributed by atoms with Gasteiger partial charge in [0, 0.05) is 0 Å². The molecule has 25 heavy (non-hydrogen) atoms. The fourth-order valence-electron chi connectivity index (χ4n) is 2.08. The number of hydrogen-bond donors (Lipinski definition) is 1. The summed E-state index contributed by atoms with van der Waals surface area (Å²) in [7, 11) is 0. The summed E-state index contributed by atoms with van der Waals surface area (Å²) in [6.45, 7) is -0.0728. The Morgan fingerprint density at radius 1 is 1.32 bits per heavy atom. The SMILES string of the molecule is N#CCOc1cccc(/C=C(\Sc2nc3ccccc3o2)C(=O)O)c1. The van der Waals surface area contributed by atoms with Crippen LogP contribution in [0.4, 0.5) is 0 Å². The molecular formula is C18H12N2O4S. The second-order valence-corrected chi connectivity index (χ2v) is 5.88. The van der Waals surface area contributed by atoms with E-state index < -0.39 is 5.97 Å². The van der Waals surface area contributed by atoms with Crippen LogP contribution in [0.25, 0.3) is 17.2 Å². The summed E-state index contributed by atoms with van der Waals surface area (Å²) in [5.74, 6) is -0.595. The van der Waals surface area contributed by atoms with E-state index in [2.05, 4.69) is 4.98 Å². The maximum atomic E-state index is 11.5. The number of aliphatic carboxylic acids is 1. The minimum Gasteiger partial charge on any atom is -0.479 e. The van der Waals surface area contributed by atoms with Crippen molar-refractivity contribution in [1.29, 1.82) is 5.26 Å². The minimum absolute atomic E-state index is 0.0592. The van der Waals surface area contributed by atoms with Crippen LogP contribution in [-0.4, -0.2) is 22.7 Å². The van der Waals surface area contributed by atoms with Crippen LogP contribution in [0.5, 0.6) is 5.75 Å². The molecule has 7 heteroatoms. The summed E-state index contributed by atoms with van der Waals surface area (Å²) < 4.78 is 10.8. The third-order valence-electron chi connectivity index (χ3n) is 3.14. The Kier molecular flexibility index (Phi) is 5.02. The average Bonchev–Trinajstić information content (AvgIpc) is 3.02. The molecule has 1 aromatic heterocycles. The second-order valence-electron chi connectivity index (χ2n) is 4.88. The van der Waals surface area contributed by atoms with Gasteiger partial charge in [0.05, 0.1) is 0 Å². The van der Waals surface area contributed by atoms with Crippen molar-refractivity contribution in [3.8, 4) is 11.8 Å². The van der Waals surface area contributed by atoms with E-state index in [0.717, 1.165) is 11.8 Å². The number of carbonyl (C=O) groups is 1. The quantitative estimate of drug-likeness (QED) is 0.530. The number of ether oxygens (including phenoxy) is 1. The maximum absolute atomic E-state index is 11.5. The van der Waals surface area contributed by atoms with Gasteiger partial charge in [0.15, 0.2) is 12.2 Å². The van der Waals surface area contributed by atoms with Gasteiger partial charge in [0.1, 0.15) is 22.2 Å². The maximum Gasteiger partial charge on any atom is 0.342 e. The summed E-state index contributed by atoms with van der Waals surface area (Å²) in [4.78, 5) is 15.9. The molecule has 2 aromatic carbocycles. The van der Waals surface area contributed by atoms with Crippen molar-refractivity contribution in [3.63, 3.8) is 0 Å². The van der Waals surface area contributed by atoms with Crippen molar-refractivity contribution >= 4 is 34.9 Å². The van der Waals surface area contributed by atoms with Gasteiger partial charge < -0.3 is 14.3 Å². The number of carboxylic acids is 1. The first kappa shape index (κ1) is 16.6. The Morgan fingerprint density at radius 2 is 2.16 bits per heavy atom. The molecule has 0 bridgehead atoms. The van der Waals surface area contributed by atoms with E-state index in [0.29, 0.717) is 22.4 Å².